The first-order chi connectivity index (χ1) is 9.22. The Balaban J connectivity index is 1.67. The van der Waals surface area contributed by atoms with Gasteiger partial charge in [0.05, 0.1) is 0 Å². The summed E-state index contributed by atoms with van der Waals surface area (Å²) in [7, 11) is 0. The molecule has 4 heteroatoms. The maximum Gasteiger partial charge on any atom is 0.229 e. The van der Waals surface area contributed by atoms with Crippen molar-refractivity contribution in [2.24, 2.45) is 5.92 Å². The molecule has 1 heterocycles. The predicted molar refractivity (Wildman–Crippen MR) is 77.5 cm³/mol. The standard InChI is InChI=1S/C15H16N2OS/c1-10-4-2-3-5-12(10)8-13-9-16-15(19-13)17-14(18)11-6-7-11/h2-5,9,11H,6-8H2,1H3,(H,16,17,18). The van der Waals surface area contributed by atoms with E-state index in [0.29, 0.717) is 0 Å². The van der Waals surface area contributed by atoms with Gasteiger partial charge in [0.1, 0.15) is 0 Å². The number of thiazole rings is 1. The SMILES string of the molecule is Cc1ccccc1Cc1cnc(NC(=O)C2CC2)s1. The molecule has 3 rings (SSSR count). The monoisotopic (exact) mass is 272 g/mol. The Hall–Kier alpha value is -1.68. The lowest BCUT2D eigenvalue weighted by Gasteiger charge is -2.02. The number of nitrogens with zero attached hydrogens (tertiary/aromatic N) is 1. The molecule has 1 saturated carbocycles. The summed E-state index contributed by atoms with van der Waals surface area (Å²) in [5, 5.41) is 3.62. The number of nitrogens with one attached hydrogen (secondary N) is 1. The largest absolute Gasteiger partial charge is 0.302 e. The van der Waals surface area contributed by atoms with Gasteiger partial charge in [0.2, 0.25) is 5.91 Å². The minimum atomic E-state index is 0.122. The Morgan fingerprint density at radius 3 is 2.95 bits per heavy atom. The molecule has 0 radical (unpaired) electrons. The van der Waals surface area contributed by atoms with Crippen molar-refractivity contribution in [1.82, 2.24) is 4.98 Å². The molecule has 0 unspecified atom stereocenters. The number of amides is 1. The fourth-order valence-corrected chi connectivity index (χ4v) is 2.83. The molecule has 1 amide bonds. The first kappa shape index (κ1) is 12.4. The second-order valence-electron chi connectivity index (χ2n) is 5.00. The Bertz CT molecular complexity index is 602. The zero-order valence-electron chi connectivity index (χ0n) is 10.8. The molecule has 0 spiro atoms. The van der Waals surface area contributed by atoms with Gasteiger partial charge in [0.15, 0.2) is 5.13 Å². The van der Waals surface area contributed by atoms with Gasteiger partial charge >= 0.3 is 0 Å². The number of hydrogen-bond donors (Lipinski definition) is 1. The molecule has 0 bridgehead atoms. The van der Waals surface area contributed by atoms with Crippen molar-refractivity contribution in [1.29, 1.82) is 0 Å². The van der Waals surface area contributed by atoms with E-state index >= 15 is 0 Å². The highest BCUT2D eigenvalue weighted by molar-refractivity contribution is 7.15. The summed E-state index contributed by atoms with van der Waals surface area (Å²) in [6, 6.07) is 8.36. The number of anilines is 1. The highest BCUT2D eigenvalue weighted by Crippen LogP contribution is 2.31. The molecular formula is C15H16N2OS. The molecule has 1 aromatic heterocycles. The van der Waals surface area contributed by atoms with Crippen LogP contribution in [0.15, 0.2) is 30.5 Å². The molecule has 3 nitrogen and oxygen atoms in total. The topological polar surface area (TPSA) is 42.0 Å². The lowest BCUT2D eigenvalue weighted by Crippen LogP contribution is -2.12. The van der Waals surface area contributed by atoms with Gasteiger partial charge in [-0.3, -0.25) is 4.79 Å². The highest BCUT2D eigenvalue weighted by Gasteiger charge is 2.30. The van der Waals surface area contributed by atoms with Crippen LogP contribution >= 0.6 is 11.3 Å². The van der Waals surface area contributed by atoms with E-state index in [1.54, 1.807) is 11.3 Å². The van der Waals surface area contributed by atoms with Crippen LogP contribution in [0.3, 0.4) is 0 Å². The van der Waals surface area contributed by atoms with E-state index in [4.69, 9.17) is 0 Å². The zero-order chi connectivity index (χ0) is 13.2. The molecule has 1 aliphatic carbocycles. The number of rotatable bonds is 4. The minimum absolute atomic E-state index is 0.122. The van der Waals surface area contributed by atoms with Crippen molar-refractivity contribution in [3.63, 3.8) is 0 Å². The smallest absolute Gasteiger partial charge is 0.229 e. The molecule has 0 atom stereocenters. The van der Waals surface area contributed by atoms with E-state index in [0.717, 1.165) is 24.4 Å². The first-order valence-electron chi connectivity index (χ1n) is 6.52. The van der Waals surface area contributed by atoms with Crippen LogP contribution in [0.25, 0.3) is 0 Å². The summed E-state index contributed by atoms with van der Waals surface area (Å²) in [6.45, 7) is 2.12. The van der Waals surface area contributed by atoms with Gasteiger partial charge in [0.25, 0.3) is 0 Å². The average molecular weight is 272 g/mol. The third-order valence-corrected chi connectivity index (χ3v) is 4.27. The number of hydrogen-bond acceptors (Lipinski definition) is 3. The van der Waals surface area contributed by atoms with Crippen molar-refractivity contribution < 1.29 is 4.79 Å². The van der Waals surface area contributed by atoms with E-state index in [2.05, 4.69) is 35.4 Å². The molecular weight excluding hydrogens is 256 g/mol. The molecule has 1 aromatic carbocycles. The minimum Gasteiger partial charge on any atom is -0.302 e. The van der Waals surface area contributed by atoms with Crippen LogP contribution in [0, 0.1) is 12.8 Å². The highest BCUT2D eigenvalue weighted by atomic mass is 32.1. The molecule has 98 valence electrons. The summed E-state index contributed by atoms with van der Waals surface area (Å²) in [4.78, 5) is 17.1. The molecule has 0 saturated heterocycles. The van der Waals surface area contributed by atoms with Crippen molar-refractivity contribution in [3.8, 4) is 0 Å². The molecule has 1 aliphatic rings. The summed E-state index contributed by atoms with van der Waals surface area (Å²) in [6.07, 6.45) is 4.78. The molecule has 0 aliphatic heterocycles. The second-order valence-corrected chi connectivity index (χ2v) is 6.11. The Labute approximate surface area is 116 Å². The van der Waals surface area contributed by atoms with E-state index < -0.39 is 0 Å². The van der Waals surface area contributed by atoms with Crippen molar-refractivity contribution >= 4 is 22.4 Å². The number of aromatic nitrogens is 1. The van der Waals surface area contributed by atoms with E-state index in [1.807, 2.05) is 12.3 Å². The maximum atomic E-state index is 11.7. The van der Waals surface area contributed by atoms with Gasteiger partial charge in [-0.1, -0.05) is 24.3 Å². The van der Waals surface area contributed by atoms with E-state index in [-0.39, 0.29) is 11.8 Å². The second kappa shape index (κ2) is 5.13. The molecule has 19 heavy (non-hydrogen) atoms. The van der Waals surface area contributed by atoms with Crippen LogP contribution in [0.5, 0.6) is 0 Å². The lowest BCUT2D eigenvalue weighted by molar-refractivity contribution is -0.117. The van der Waals surface area contributed by atoms with Gasteiger partial charge < -0.3 is 5.32 Å². The lowest BCUT2D eigenvalue weighted by atomic mass is 10.1. The van der Waals surface area contributed by atoms with Crippen LogP contribution < -0.4 is 5.32 Å². The van der Waals surface area contributed by atoms with Crippen molar-refractivity contribution in [3.05, 3.63) is 46.5 Å². The van der Waals surface area contributed by atoms with Gasteiger partial charge in [-0.05, 0) is 30.9 Å². The fraction of sp³-hybridized carbons (Fsp3) is 0.333. The number of carbonyl (C=O) groups is 1. The third-order valence-electron chi connectivity index (χ3n) is 3.36. The summed E-state index contributed by atoms with van der Waals surface area (Å²) in [5.74, 6) is 0.348. The Morgan fingerprint density at radius 2 is 2.21 bits per heavy atom. The molecule has 1 N–H and O–H groups in total. The number of carbonyl (C=O) groups excluding carboxylic acids is 1. The van der Waals surface area contributed by atoms with Crippen LogP contribution in [-0.4, -0.2) is 10.9 Å². The van der Waals surface area contributed by atoms with Crippen molar-refractivity contribution in [2.75, 3.05) is 5.32 Å². The van der Waals surface area contributed by atoms with Crippen LogP contribution in [0.4, 0.5) is 5.13 Å². The summed E-state index contributed by atoms with van der Waals surface area (Å²) in [5.41, 5.74) is 2.60. The summed E-state index contributed by atoms with van der Waals surface area (Å²) >= 11 is 1.57. The van der Waals surface area contributed by atoms with Crippen molar-refractivity contribution in [2.45, 2.75) is 26.2 Å². The quantitative estimate of drug-likeness (QED) is 0.927. The van der Waals surface area contributed by atoms with Gasteiger partial charge in [-0.25, -0.2) is 4.98 Å². The van der Waals surface area contributed by atoms with Crippen LogP contribution in [0.1, 0.15) is 28.8 Å². The maximum absolute atomic E-state index is 11.7. The molecule has 1 fully saturated rings. The van der Waals surface area contributed by atoms with E-state index in [1.165, 1.54) is 16.0 Å². The fourth-order valence-electron chi connectivity index (χ4n) is 2.00. The third kappa shape index (κ3) is 3.01. The van der Waals surface area contributed by atoms with E-state index in [9.17, 15) is 4.79 Å². The number of aryl methyl sites for hydroxylation is 1. The molecule has 2 aromatic rings. The van der Waals surface area contributed by atoms with Crippen LogP contribution in [-0.2, 0) is 11.2 Å². The average Bonchev–Trinajstić information content (AvgIpc) is 3.16. The van der Waals surface area contributed by atoms with Gasteiger partial charge in [-0.15, -0.1) is 11.3 Å². The summed E-state index contributed by atoms with van der Waals surface area (Å²) < 4.78 is 0. The zero-order valence-corrected chi connectivity index (χ0v) is 11.7. The Morgan fingerprint density at radius 1 is 1.42 bits per heavy atom. The van der Waals surface area contributed by atoms with Gasteiger partial charge in [-0.2, -0.15) is 0 Å². The normalized spacial score (nSPS) is 14.4. The first-order valence-corrected chi connectivity index (χ1v) is 7.34. The number of benzene rings is 1. The van der Waals surface area contributed by atoms with Crippen LogP contribution in [0.2, 0.25) is 0 Å². The Kier molecular flexibility index (Phi) is 3.34. The van der Waals surface area contributed by atoms with Gasteiger partial charge in [0, 0.05) is 23.4 Å². The predicted octanol–water partition coefficient (Wildman–Crippen LogP) is 3.39.